The Kier molecular flexibility index (Phi) is 5.51. The van der Waals surface area contributed by atoms with Crippen LogP contribution in [0.25, 0.3) is 0 Å². The summed E-state index contributed by atoms with van der Waals surface area (Å²) in [6.07, 6.45) is 2.81. The molecule has 0 aromatic heterocycles. The maximum absolute atomic E-state index is 12.8. The molecular weight excluding hydrogens is 348 g/mol. The molecule has 28 heavy (non-hydrogen) atoms. The maximum atomic E-state index is 12.8. The second-order valence-electron chi connectivity index (χ2n) is 8.37. The zero-order chi connectivity index (χ0) is 19.6. The Morgan fingerprint density at radius 2 is 1.71 bits per heavy atom. The molecule has 2 aromatic carbocycles. The molecule has 2 aromatic rings. The van der Waals surface area contributed by atoms with Crippen LogP contribution in [-0.2, 0) is 10.4 Å². The van der Waals surface area contributed by atoms with Crippen LogP contribution >= 0.6 is 0 Å². The van der Waals surface area contributed by atoms with E-state index in [9.17, 15) is 9.90 Å². The minimum absolute atomic E-state index is 0.141. The number of piperidine rings is 1. The van der Waals surface area contributed by atoms with Crippen LogP contribution in [0, 0.1) is 6.92 Å². The van der Waals surface area contributed by atoms with E-state index in [-0.39, 0.29) is 5.91 Å². The quantitative estimate of drug-likeness (QED) is 0.888. The van der Waals surface area contributed by atoms with E-state index in [0.717, 1.165) is 37.1 Å². The maximum Gasteiger partial charge on any atom is 0.236 e. The summed E-state index contributed by atoms with van der Waals surface area (Å²) in [6.45, 7) is 5.43. The van der Waals surface area contributed by atoms with Crippen molar-refractivity contribution in [2.24, 2.45) is 0 Å². The summed E-state index contributed by atoms with van der Waals surface area (Å²) in [4.78, 5) is 17.0. The fraction of sp³-hybridized carbons (Fsp3) is 0.458. The molecule has 2 saturated heterocycles. The summed E-state index contributed by atoms with van der Waals surface area (Å²) >= 11 is 0. The Labute approximate surface area is 167 Å². The third kappa shape index (κ3) is 3.98. The van der Waals surface area contributed by atoms with Gasteiger partial charge in [-0.15, -0.1) is 0 Å². The monoisotopic (exact) mass is 378 g/mol. The number of amides is 1. The molecule has 1 atom stereocenters. The standard InChI is InChI=1S/C24H30N2O2/c1-19-7-5-6-10-22(19)24(28)13-16-26(18-24)23(27)17-25-14-11-21(12-15-25)20-8-3-2-4-9-20/h2-10,21,28H,11-18H2,1H3/t24-/m1/s1. The SMILES string of the molecule is Cc1ccccc1[C@@]1(O)CCN(C(=O)CN2CCC(c3ccccc3)CC2)C1. The third-order valence-corrected chi connectivity index (χ3v) is 6.46. The number of hydrogen-bond donors (Lipinski definition) is 1. The number of nitrogens with zero attached hydrogens (tertiary/aromatic N) is 2. The van der Waals surface area contributed by atoms with Gasteiger partial charge in [0.1, 0.15) is 5.60 Å². The van der Waals surface area contributed by atoms with Gasteiger partial charge in [0, 0.05) is 6.54 Å². The highest BCUT2D eigenvalue weighted by molar-refractivity contribution is 5.78. The normalized spacial score (nSPS) is 23.9. The van der Waals surface area contributed by atoms with Crippen LogP contribution in [0.15, 0.2) is 54.6 Å². The topological polar surface area (TPSA) is 43.8 Å². The highest BCUT2D eigenvalue weighted by atomic mass is 16.3. The smallest absolute Gasteiger partial charge is 0.236 e. The Balaban J connectivity index is 1.31. The summed E-state index contributed by atoms with van der Waals surface area (Å²) in [5, 5.41) is 11.1. The lowest BCUT2D eigenvalue weighted by Gasteiger charge is -2.33. The molecule has 2 aliphatic heterocycles. The van der Waals surface area contributed by atoms with Gasteiger partial charge < -0.3 is 10.0 Å². The van der Waals surface area contributed by atoms with Gasteiger partial charge in [-0.2, -0.15) is 0 Å². The molecule has 2 heterocycles. The van der Waals surface area contributed by atoms with E-state index in [4.69, 9.17) is 0 Å². The first-order valence-electron chi connectivity index (χ1n) is 10.4. The number of carbonyl (C=O) groups is 1. The summed E-state index contributed by atoms with van der Waals surface area (Å²) in [6, 6.07) is 18.6. The van der Waals surface area contributed by atoms with Crippen molar-refractivity contribution < 1.29 is 9.90 Å². The molecule has 0 saturated carbocycles. The summed E-state index contributed by atoms with van der Waals surface area (Å²) in [5.41, 5.74) is 2.54. The summed E-state index contributed by atoms with van der Waals surface area (Å²) < 4.78 is 0. The van der Waals surface area contributed by atoms with Crippen LogP contribution in [0.4, 0.5) is 0 Å². The van der Waals surface area contributed by atoms with Gasteiger partial charge in [0.25, 0.3) is 0 Å². The van der Waals surface area contributed by atoms with Crippen molar-refractivity contribution in [1.82, 2.24) is 9.80 Å². The molecule has 4 heteroatoms. The average Bonchev–Trinajstić information content (AvgIpc) is 3.13. The van der Waals surface area contributed by atoms with Gasteiger partial charge in [-0.25, -0.2) is 0 Å². The lowest BCUT2D eigenvalue weighted by molar-refractivity contribution is -0.132. The van der Waals surface area contributed by atoms with E-state index in [1.165, 1.54) is 5.56 Å². The van der Waals surface area contributed by atoms with Gasteiger partial charge >= 0.3 is 0 Å². The van der Waals surface area contributed by atoms with Crippen molar-refractivity contribution >= 4 is 5.91 Å². The molecule has 0 aliphatic carbocycles. The molecule has 4 rings (SSSR count). The van der Waals surface area contributed by atoms with Crippen LogP contribution in [0.5, 0.6) is 0 Å². The minimum atomic E-state index is -0.915. The van der Waals surface area contributed by atoms with Gasteiger partial charge in [-0.05, 0) is 61.9 Å². The average molecular weight is 379 g/mol. The van der Waals surface area contributed by atoms with Crippen LogP contribution in [0.3, 0.4) is 0 Å². The molecule has 2 aliphatic rings. The Hall–Kier alpha value is -2.17. The van der Waals surface area contributed by atoms with E-state index in [1.807, 2.05) is 36.1 Å². The zero-order valence-electron chi connectivity index (χ0n) is 16.7. The van der Waals surface area contributed by atoms with Crippen LogP contribution in [-0.4, -0.2) is 53.5 Å². The molecule has 1 amide bonds. The number of aryl methyl sites for hydroxylation is 1. The number of hydrogen-bond acceptors (Lipinski definition) is 3. The fourth-order valence-electron chi connectivity index (χ4n) is 4.76. The number of benzene rings is 2. The highest BCUT2D eigenvalue weighted by Gasteiger charge is 2.40. The molecule has 0 radical (unpaired) electrons. The second kappa shape index (κ2) is 8.06. The first-order chi connectivity index (χ1) is 13.5. The molecule has 2 fully saturated rings. The van der Waals surface area contributed by atoms with E-state index >= 15 is 0 Å². The number of aliphatic hydroxyl groups is 1. The summed E-state index contributed by atoms with van der Waals surface area (Å²) in [5.74, 6) is 0.744. The minimum Gasteiger partial charge on any atom is -0.383 e. The van der Waals surface area contributed by atoms with E-state index in [1.54, 1.807) is 0 Å². The fourth-order valence-corrected chi connectivity index (χ4v) is 4.76. The first kappa shape index (κ1) is 19.2. The lowest BCUT2D eigenvalue weighted by atomic mass is 9.89. The van der Waals surface area contributed by atoms with Crippen LogP contribution in [0.1, 0.15) is 41.9 Å². The second-order valence-corrected chi connectivity index (χ2v) is 8.37. The van der Waals surface area contributed by atoms with E-state index in [0.29, 0.717) is 32.0 Å². The largest absolute Gasteiger partial charge is 0.383 e. The van der Waals surface area contributed by atoms with Crippen LogP contribution < -0.4 is 0 Å². The molecule has 4 nitrogen and oxygen atoms in total. The van der Waals surface area contributed by atoms with Crippen molar-refractivity contribution in [3.63, 3.8) is 0 Å². The molecular formula is C24H30N2O2. The lowest BCUT2D eigenvalue weighted by Crippen LogP contribution is -2.43. The number of β-amino-alcohol motifs (C(OH)–C–C–N with tert-alkyl or cyclic N) is 1. The molecule has 0 bridgehead atoms. The number of likely N-dealkylation sites (tertiary alicyclic amines) is 2. The summed E-state index contributed by atoms with van der Waals surface area (Å²) in [7, 11) is 0. The van der Waals surface area contributed by atoms with Crippen LogP contribution in [0.2, 0.25) is 0 Å². The van der Waals surface area contributed by atoms with Crippen molar-refractivity contribution in [1.29, 1.82) is 0 Å². The van der Waals surface area contributed by atoms with E-state index in [2.05, 4.69) is 35.2 Å². The van der Waals surface area contributed by atoms with E-state index < -0.39 is 5.60 Å². The predicted molar refractivity (Wildman–Crippen MR) is 111 cm³/mol. The number of carbonyl (C=O) groups excluding carboxylic acids is 1. The van der Waals surface area contributed by atoms with Gasteiger partial charge in [-0.3, -0.25) is 9.69 Å². The molecule has 0 unspecified atom stereocenters. The Bertz CT molecular complexity index is 814. The first-order valence-corrected chi connectivity index (χ1v) is 10.4. The highest BCUT2D eigenvalue weighted by Crippen LogP contribution is 2.34. The predicted octanol–water partition coefficient (Wildman–Crippen LogP) is 3.29. The zero-order valence-corrected chi connectivity index (χ0v) is 16.7. The molecule has 1 N–H and O–H groups in total. The molecule has 148 valence electrons. The van der Waals surface area contributed by atoms with Crippen molar-refractivity contribution in [3.05, 3.63) is 71.3 Å². The van der Waals surface area contributed by atoms with Gasteiger partial charge in [-0.1, -0.05) is 54.6 Å². The van der Waals surface area contributed by atoms with Gasteiger partial charge in [0.15, 0.2) is 0 Å². The van der Waals surface area contributed by atoms with Crippen molar-refractivity contribution in [2.45, 2.75) is 37.7 Å². The Morgan fingerprint density at radius 1 is 1.04 bits per heavy atom. The van der Waals surface area contributed by atoms with Crippen molar-refractivity contribution in [3.8, 4) is 0 Å². The third-order valence-electron chi connectivity index (χ3n) is 6.46. The number of rotatable bonds is 4. The van der Waals surface area contributed by atoms with Gasteiger partial charge in [0.2, 0.25) is 5.91 Å². The molecule has 0 spiro atoms. The van der Waals surface area contributed by atoms with Gasteiger partial charge in [0.05, 0.1) is 13.1 Å². The van der Waals surface area contributed by atoms with Crippen molar-refractivity contribution in [2.75, 3.05) is 32.7 Å². The Morgan fingerprint density at radius 3 is 2.43 bits per heavy atom.